The molecule has 22 heavy (non-hydrogen) atoms. The third-order valence-electron chi connectivity index (χ3n) is 5.22. The van der Waals surface area contributed by atoms with Crippen molar-refractivity contribution < 1.29 is 4.90 Å². The van der Waals surface area contributed by atoms with Crippen LogP contribution in [0.3, 0.4) is 0 Å². The van der Waals surface area contributed by atoms with Gasteiger partial charge in [0.25, 0.3) is 5.56 Å². The van der Waals surface area contributed by atoms with Gasteiger partial charge in [-0.05, 0) is 39.5 Å². The van der Waals surface area contributed by atoms with Gasteiger partial charge in [-0.15, -0.1) is 0 Å². The standard InChI is InChI=1S/C16H24N4OS/c1-16(2)9-20-13-12(14(21)18-15(20)22-16)8-19(10-17-13)11-6-4-3-5-7-11/h11,17H,3-10H2,1-2H3/p+1. The van der Waals surface area contributed by atoms with Crippen LogP contribution in [0.4, 0.5) is 5.82 Å². The number of nitrogens with zero attached hydrogens (tertiary/aromatic N) is 2. The van der Waals surface area contributed by atoms with Crippen molar-refractivity contribution in [3.63, 3.8) is 0 Å². The molecule has 0 amide bonds. The van der Waals surface area contributed by atoms with Crippen molar-refractivity contribution in [3.05, 3.63) is 15.9 Å². The van der Waals surface area contributed by atoms with Gasteiger partial charge in [-0.2, -0.15) is 4.98 Å². The highest BCUT2D eigenvalue weighted by Crippen LogP contribution is 2.41. The Morgan fingerprint density at radius 3 is 2.86 bits per heavy atom. The van der Waals surface area contributed by atoms with Crippen molar-refractivity contribution in [2.75, 3.05) is 12.0 Å². The van der Waals surface area contributed by atoms with E-state index in [0.717, 1.165) is 36.3 Å². The number of nitrogens with one attached hydrogen (secondary N) is 2. The van der Waals surface area contributed by atoms with Gasteiger partial charge >= 0.3 is 0 Å². The maximum Gasteiger partial charge on any atom is 0.284 e. The minimum absolute atomic E-state index is 0.0213. The minimum atomic E-state index is -0.0213. The van der Waals surface area contributed by atoms with E-state index in [1.807, 2.05) is 0 Å². The summed E-state index contributed by atoms with van der Waals surface area (Å²) >= 11 is 1.71. The summed E-state index contributed by atoms with van der Waals surface area (Å²) in [5.74, 6) is 1.03. The molecule has 1 aromatic heterocycles. The van der Waals surface area contributed by atoms with Gasteiger partial charge in [0.2, 0.25) is 0 Å². The van der Waals surface area contributed by atoms with Gasteiger partial charge in [-0.1, -0.05) is 18.2 Å². The number of hydrogen-bond acceptors (Lipinski definition) is 4. The molecule has 1 fully saturated rings. The summed E-state index contributed by atoms with van der Waals surface area (Å²) in [7, 11) is 0. The molecule has 2 N–H and O–H groups in total. The highest BCUT2D eigenvalue weighted by atomic mass is 32.2. The van der Waals surface area contributed by atoms with Crippen molar-refractivity contribution in [1.82, 2.24) is 9.55 Å². The Hall–Kier alpha value is -1.01. The molecule has 120 valence electrons. The third-order valence-corrected chi connectivity index (χ3v) is 6.39. The first kappa shape index (κ1) is 14.6. The summed E-state index contributed by atoms with van der Waals surface area (Å²) in [6.07, 6.45) is 6.65. The van der Waals surface area contributed by atoms with Crippen LogP contribution >= 0.6 is 11.8 Å². The van der Waals surface area contributed by atoms with Crippen LogP contribution in [0, 0.1) is 0 Å². The van der Waals surface area contributed by atoms with Crippen LogP contribution in [0.25, 0.3) is 0 Å². The molecule has 0 saturated heterocycles. The first-order chi connectivity index (χ1) is 10.5. The van der Waals surface area contributed by atoms with Crippen LogP contribution < -0.4 is 15.8 Å². The fraction of sp³-hybridized carbons (Fsp3) is 0.750. The molecule has 4 rings (SSSR count). The second-order valence-corrected chi connectivity index (χ2v) is 9.17. The average Bonchev–Trinajstić information content (AvgIpc) is 2.82. The lowest BCUT2D eigenvalue weighted by Gasteiger charge is -2.35. The number of rotatable bonds is 1. The van der Waals surface area contributed by atoms with Crippen molar-refractivity contribution in [2.45, 2.75) is 75.0 Å². The molecular weight excluding hydrogens is 296 g/mol. The van der Waals surface area contributed by atoms with Gasteiger partial charge in [-0.3, -0.25) is 4.79 Å². The van der Waals surface area contributed by atoms with Crippen molar-refractivity contribution in [2.24, 2.45) is 0 Å². The Labute approximate surface area is 135 Å². The van der Waals surface area contributed by atoms with E-state index in [9.17, 15) is 4.79 Å². The molecule has 0 aromatic carbocycles. The topological polar surface area (TPSA) is 51.4 Å². The molecular formula is C16H25N4OS+. The molecule has 0 spiro atoms. The van der Waals surface area contributed by atoms with Crippen LogP contribution in [0.15, 0.2) is 9.95 Å². The zero-order valence-corrected chi connectivity index (χ0v) is 14.3. The molecule has 0 bridgehead atoms. The molecule has 2 aliphatic heterocycles. The molecule has 5 nitrogen and oxygen atoms in total. The largest absolute Gasteiger partial charge is 0.324 e. The van der Waals surface area contributed by atoms with E-state index in [1.54, 1.807) is 11.8 Å². The van der Waals surface area contributed by atoms with Gasteiger partial charge in [0.05, 0.1) is 6.04 Å². The fourth-order valence-electron chi connectivity index (χ4n) is 4.11. The van der Waals surface area contributed by atoms with E-state index < -0.39 is 0 Å². The number of anilines is 1. The first-order valence-electron chi connectivity index (χ1n) is 8.45. The van der Waals surface area contributed by atoms with Gasteiger partial charge < -0.3 is 14.8 Å². The summed E-state index contributed by atoms with van der Waals surface area (Å²) in [4.78, 5) is 18.4. The van der Waals surface area contributed by atoms with E-state index in [-0.39, 0.29) is 10.3 Å². The number of fused-ring (bicyclic) bond motifs is 3. The maximum atomic E-state index is 12.5. The predicted octanol–water partition coefficient (Wildman–Crippen LogP) is 1.23. The van der Waals surface area contributed by atoms with Crippen molar-refractivity contribution in [3.8, 4) is 0 Å². The average molecular weight is 321 g/mol. The van der Waals surface area contributed by atoms with Crippen molar-refractivity contribution in [1.29, 1.82) is 0 Å². The Morgan fingerprint density at radius 1 is 1.32 bits per heavy atom. The maximum absolute atomic E-state index is 12.5. The second kappa shape index (κ2) is 5.27. The highest BCUT2D eigenvalue weighted by Gasteiger charge is 2.37. The highest BCUT2D eigenvalue weighted by molar-refractivity contribution is 8.00. The number of aromatic nitrogens is 2. The predicted molar refractivity (Wildman–Crippen MR) is 88.5 cm³/mol. The van der Waals surface area contributed by atoms with Crippen LogP contribution in [-0.4, -0.2) is 27.0 Å². The summed E-state index contributed by atoms with van der Waals surface area (Å²) in [6, 6.07) is 0.706. The number of hydrogen-bond donors (Lipinski definition) is 2. The monoisotopic (exact) mass is 321 g/mol. The van der Waals surface area contributed by atoms with E-state index in [4.69, 9.17) is 0 Å². The lowest BCUT2D eigenvalue weighted by Crippen LogP contribution is -3.16. The van der Waals surface area contributed by atoms with Crippen LogP contribution in [0.2, 0.25) is 0 Å². The molecule has 1 unspecified atom stereocenters. The Balaban J connectivity index is 1.65. The zero-order valence-electron chi connectivity index (χ0n) is 13.4. The molecule has 6 heteroatoms. The van der Waals surface area contributed by atoms with E-state index in [0.29, 0.717) is 6.04 Å². The SMILES string of the molecule is CC1(C)Cn2c(nc(=O)c3c2NC[NH+](C2CCCCC2)C3)S1. The lowest BCUT2D eigenvalue weighted by atomic mass is 9.94. The Morgan fingerprint density at radius 2 is 2.09 bits per heavy atom. The Kier molecular flexibility index (Phi) is 3.49. The van der Waals surface area contributed by atoms with Gasteiger partial charge in [0, 0.05) is 11.3 Å². The Bertz CT molecular complexity index is 648. The number of thioether (sulfide) groups is 1. The third kappa shape index (κ3) is 2.46. The van der Waals surface area contributed by atoms with Gasteiger partial charge in [0.1, 0.15) is 17.9 Å². The molecule has 1 saturated carbocycles. The molecule has 0 radical (unpaired) electrons. The van der Waals surface area contributed by atoms with E-state index in [2.05, 4.69) is 28.7 Å². The second-order valence-electron chi connectivity index (χ2n) is 7.50. The quantitative estimate of drug-likeness (QED) is 0.764. The van der Waals surface area contributed by atoms with Crippen LogP contribution in [0.1, 0.15) is 51.5 Å². The van der Waals surface area contributed by atoms with Crippen molar-refractivity contribution >= 4 is 17.6 Å². The normalized spacial score (nSPS) is 27.1. The summed E-state index contributed by atoms with van der Waals surface area (Å²) in [5, 5.41) is 4.44. The van der Waals surface area contributed by atoms with Gasteiger partial charge in [0.15, 0.2) is 11.8 Å². The molecule has 1 atom stereocenters. The molecule has 1 aliphatic carbocycles. The molecule has 1 aromatic rings. The minimum Gasteiger partial charge on any atom is -0.324 e. The summed E-state index contributed by atoms with van der Waals surface area (Å²) in [5.41, 5.74) is 0.876. The molecule has 3 aliphatic rings. The summed E-state index contributed by atoms with van der Waals surface area (Å²) in [6.45, 7) is 7.13. The zero-order chi connectivity index (χ0) is 15.3. The summed E-state index contributed by atoms with van der Waals surface area (Å²) < 4.78 is 2.34. The fourth-order valence-corrected chi connectivity index (χ4v) is 5.19. The van der Waals surface area contributed by atoms with Crippen LogP contribution in [-0.2, 0) is 13.1 Å². The van der Waals surface area contributed by atoms with E-state index in [1.165, 1.54) is 37.0 Å². The smallest absolute Gasteiger partial charge is 0.284 e. The number of quaternary nitrogens is 1. The van der Waals surface area contributed by atoms with E-state index >= 15 is 0 Å². The molecule has 3 heterocycles. The van der Waals surface area contributed by atoms with Gasteiger partial charge in [-0.25, -0.2) is 0 Å². The van der Waals surface area contributed by atoms with Crippen LogP contribution in [0.5, 0.6) is 0 Å². The lowest BCUT2D eigenvalue weighted by molar-refractivity contribution is -0.938. The first-order valence-corrected chi connectivity index (χ1v) is 9.26.